The monoisotopic (exact) mass is 461 g/mol. The Morgan fingerprint density at radius 2 is 1.47 bits per heavy atom. The van der Waals surface area contributed by atoms with Crippen LogP contribution in [0.25, 0.3) is 11.1 Å². The van der Waals surface area contributed by atoms with Gasteiger partial charge in [0.2, 0.25) is 0 Å². The third-order valence-corrected chi connectivity index (χ3v) is 5.58. The lowest BCUT2D eigenvalue weighted by atomic mass is 9.88. The van der Waals surface area contributed by atoms with Crippen molar-refractivity contribution in [1.29, 1.82) is 0 Å². The Kier molecular flexibility index (Phi) is 7.59. The van der Waals surface area contributed by atoms with Crippen LogP contribution >= 0.6 is 12.4 Å². The molecule has 0 bridgehead atoms. The molecule has 3 nitrogen and oxygen atoms in total. The number of esters is 1. The van der Waals surface area contributed by atoms with E-state index in [1.54, 1.807) is 24.3 Å². The maximum absolute atomic E-state index is 12.7. The third kappa shape index (κ3) is 5.50. The van der Waals surface area contributed by atoms with Crippen molar-refractivity contribution in [2.75, 3.05) is 13.1 Å². The van der Waals surface area contributed by atoms with Crippen LogP contribution in [0.15, 0.2) is 78.9 Å². The second-order valence-corrected chi connectivity index (χ2v) is 7.61. The smallest absolute Gasteiger partial charge is 0.416 e. The highest BCUT2D eigenvalue weighted by molar-refractivity contribution is 5.90. The topological polar surface area (TPSA) is 38.3 Å². The lowest BCUT2D eigenvalue weighted by Crippen LogP contribution is -2.42. The van der Waals surface area contributed by atoms with Crippen LogP contribution in [0, 0.1) is 0 Å². The van der Waals surface area contributed by atoms with E-state index in [0.717, 1.165) is 36.2 Å². The number of carbonyl (C=O) groups is 1. The van der Waals surface area contributed by atoms with E-state index in [4.69, 9.17) is 4.74 Å². The second kappa shape index (κ2) is 10.2. The van der Waals surface area contributed by atoms with E-state index in [1.165, 1.54) is 12.1 Å². The van der Waals surface area contributed by atoms with Crippen LogP contribution in [-0.4, -0.2) is 25.2 Å². The van der Waals surface area contributed by atoms with Crippen molar-refractivity contribution < 1.29 is 22.7 Å². The Labute approximate surface area is 191 Å². The normalized spacial score (nSPS) is 18.5. The van der Waals surface area contributed by atoms with Crippen molar-refractivity contribution in [2.45, 2.75) is 24.6 Å². The minimum Gasteiger partial charge on any atom is -0.457 e. The molecule has 1 saturated heterocycles. The molecule has 0 amide bonds. The summed E-state index contributed by atoms with van der Waals surface area (Å²) in [4.78, 5) is 12.7. The number of benzene rings is 3. The van der Waals surface area contributed by atoms with Gasteiger partial charge in [-0.25, -0.2) is 4.79 Å². The molecule has 3 aromatic carbocycles. The first-order chi connectivity index (χ1) is 14.9. The van der Waals surface area contributed by atoms with Crippen molar-refractivity contribution in [3.63, 3.8) is 0 Å². The zero-order chi connectivity index (χ0) is 21.8. The van der Waals surface area contributed by atoms with Crippen LogP contribution in [0.1, 0.15) is 33.8 Å². The van der Waals surface area contributed by atoms with E-state index in [2.05, 4.69) is 17.4 Å². The predicted molar refractivity (Wildman–Crippen MR) is 120 cm³/mol. The van der Waals surface area contributed by atoms with Crippen molar-refractivity contribution >= 4 is 18.4 Å². The lowest BCUT2D eigenvalue weighted by molar-refractivity contribution is -0.137. The van der Waals surface area contributed by atoms with Gasteiger partial charge in [0.05, 0.1) is 11.1 Å². The van der Waals surface area contributed by atoms with Crippen LogP contribution in [-0.2, 0) is 10.9 Å². The number of halogens is 4. The van der Waals surface area contributed by atoms with E-state index < -0.39 is 17.7 Å². The molecule has 32 heavy (non-hydrogen) atoms. The summed E-state index contributed by atoms with van der Waals surface area (Å²) in [5, 5.41) is 3.28. The van der Waals surface area contributed by atoms with Gasteiger partial charge in [-0.1, -0.05) is 54.6 Å². The molecular weight excluding hydrogens is 439 g/mol. The van der Waals surface area contributed by atoms with Gasteiger partial charge in [-0.2, -0.15) is 13.2 Å². The highest BCUT2D eigenvalue weighted by Gasteiger charge is 2.31. The van der Waals surface area contributed by atoms with Crippen LogP contribution in [0.4, 0.5) is 13.2 Å². The average molecular weight is 462 g/mol. The summed E-state index contributed by atoms with van der Waals surface area (Å²) < 4.78 is 44.0. The summed E-state index contributed by atoms with van der Waals surface area (Å²) in [6, 6.07) is 21.7. The molecule has 3 aromatic rings. The minimum atomic E-state index is -4.36. The zero-order valence-electron chi connectivity index (χ0n) is 17.1. The SMILES string of the molecule is Cl.O=C(O[C@@H]1CNCC[C@H]1c1ccccc1)c1ccc(-c2ccc(C(F)(F)F)cc2)cc1. The fourth-order valence-corrected chi connectivity index (χ4v) is 3.89. The summed E-state index contributed by atoms with van der Waals surface area (Å²) in [6.45, 7) is 1.46. The average Bonchev–Trinajstić information content (AvgIpc) is 2.80. The maximum atomic E-state index is 12.7. The standard InChI is InChI=1S/C25H22F3NO2.ClH/c26-25(27,28)21-12-10-18(11-13-21)17-6-8-20(9-7-17)24(30)31-23-16-29-15-14-22(23)19-4-2-1-3-5-19;/h1-13,22-23,29H,14-16H2;1H/t22-,23+;/m0./s1. The van der Waals surface area contributed by atoms with E-state index in [0.29, 0.717) is 17.7 Å². The summed E-state index contributed by atoms with van der Waals surface area (Å²) in [7, 11) is 0. The first-order valence-electron chi connectivity index (χ1n) is 10.2. The maximum Gasteiger partial charge on any atom is 0.416 e. The number of nitrogens with one attached hydrogen (secondary N) is 1. The number of hydrogen-bond acceptors (Lipinski definition) is 3. The Balaban J connectivity index is 0.00000289. The van der Waals surface area contributed by atoms with Gasteiger partial charge in [-0.15, -0.1) is 12.4 Å². The molecule has 7 heteroatoms. The minimum absolute atomic E-state index is 0. The van der Waals surface area contributed by atoms with Crippen molar-refractivity contribution in [3.05, 3.63) is 95.6 Å². The van der Waals surface area contributed by atoms with Gasteiger partial charge in [0.15, 0.2) is 0 Å². The van der Waals surface area contributed by atoms with Crippen LogP contribution in [0.2, 0.25) is 0 Å². The number of carbonyl (C=O) groups excluding carboxylic acids is 1. The Hall–Kier alpha value is -2.83. The quantitative estimate of drug-likeness (QED) is 0.477. The molecule has 0 aromatic heterocycles. The van der Waals surface area contributed by atoms with Gasteiger partial charge in [0.1, 0.15) is 6.10 Å². The Morgan fingerprint density at radius 3 is 2.06 bits per heavy atom. The Morgan fingerprint density at radius 1 is 0.875 bits per heavy atom. The number of alkyl halides is 3. The van der Waals surface area contributed by atoms with Gasteiger partial charge < -0.3 is 10.1 Å². The van der Waals surface area contributed by atoms with Crippen molar-refractivity contribution in [3.8, 4) is 11.1 Å². The fraction of sp³-hybridized carbons (Fsp3) is 0.240. The summed E-state index contributed by atoms with van der Waals surface area (Å²) in [5.41, 5.74) is 2.25. The molecule has 2 atom stereocenters. The van der Waals surface area contributed by atoms with Gasteiger partial charge >= 0.3 is 12.1 Å². The van der Waals surface area contributed by atoms with E-state index in [9.17, 15) is 18.0 Å². The van der Waals surface area contributed by atoms with Crippen LogP contribution < -0.4 is 5.32 Å². The summed E-state index contributed by atoms with van der Waals surface area (Å²) in [5.74, 6) is -0.272. The molecule has 0 saturated carbocycles. The number of rotatable bonds is 4. The zero-order valence-corrected chi connectivity index (χ0v) is 18.0. The largest absolute Gasteiger partial charge is 0.457 e. The fourth-order valence-electron chi connectivity index (χ4n) is 3.89. The molecule has 0 radical (unpaired) electrons. The molecule has 1 aliphatic heterocycles. The summed E-state index contributed by atoms with van der Waals surface area (Å²) >= 11 is 0. The first-order valence-corrected chi connectivity index (χ1v) is 10.2. The number of ether oxygens (including phenoxy) is 1. The van der Waals surface area contributed by atoms with E-state index >= 15 is 0 Å². The van der Waals surface area contributed by atoms with Crippen LogP contribution in [0.5, 0.6) is 0 Å². The molecular formula is C25H23ClF3NO2. The molecule has 0 spiro atoms. The lowest BCUT2D eigenvalue weighted by Gasteiger charge is -2.32. The third-order valence-electron chi connectivity index (χ3n) is 5.58. The molecule has 1 N–H and O–H groups in total. The number of piperidine rings is 1. The highest BCUT2D eigenvalue weighted by Crippen LogP contribution is 2.31. The highest BCUT2D eigenvalue weighted by atomic mass is 35.5. The predicted octanol–water partition coefficient (Wildman–Crippen LogP) is 6.10. The van der Waals surface area contributed by atoms with E-state index in [-0.39, 0.29) is 24.4 Å². The molecule has 0 unspecified atom stereocenters. The van der Waals surface area contributed by atoms with Gasteiger partial charge in [-0.3, -0.25) is 0 Å². The molecule has 4 rings (SSSR count). The molecule has 0 aliphatic carbocycles. The Bertz CT molecular complexity index is 1020. The molecule has 168 valence electrons. The van der Waals surface area contributed by atoms with Crippen LogP contribution in [0.3, 0.4) is 0 Å². The molecule has 1 heterocycles. The van der Waals surface area contributed by atoms with Gasteiger partial charge in [0.25, 0.3) is 0 Å². The number of hydrogen-bond donors (Lipinski definition) is 1. The van der Waals surface area contributed by atoms with Crippen molar-refractivity contribution in [2.24, 2.45) is 0 Å². The van der Waals surface area contributed by atoms with Crippen molar-refractivity contribution in [1.82, 2.24) is 5.32 Å². The summed E-state index contributed by atoms with van der Waals surface area (Å²) in [6.07, 6.45) is -3.75. The first kappa shape index (κ1) is 23.8. The molecule has 1 fully saturated rings. The van der Waals surface area contributed by atoms with Gasteiger partial charge in [-0.05, 0) is 53.9 Å². The molecule has 1 aliphatic rings. The van der Waals surface area contributed by atoms with E-state index in [1.807, 2.05) is 18.2 Å². The van der Waals surface area contributed by atoms with Gasteiger partial charge in [0, 0.05) is 12.5 Å². The second-order valence-electron chi connectivity index (χ2n) is 7.61.